The van der Waals surface area contributed by atoms with E-state index in [0.717, 1.165) is 17.2 Å². The van der Waals surface area contributed by atoms with Crippen LogP contribution in [-0.2, 0) is 0 Å². The first-order valence-electron chi connectivity index (χ1n) is 4.56. The molecule has 76 valence electrons. The molecule has 1 aromatic carbocycles. The first-order chi connectivity index (χ1) is 7.43. The Labute approximate surface area is 85.4 Å². The van der Waals surface area contributed by atoms with E-state index in [1.165, 1.54) is 6.33 Å². The molecule has 0 amide bonds. The first-order valence-corrected chi connectivity index (χ1v) is 4.56. The predicted octanol–water partition coefficient (Wildman–Crippen LogP) is 0.433. The van der Waals surface area contributed by atoms with Crippen molar-refractivity contribution in [3.63, 3.8) is 0 Å². The normalized spacial score (nSPS) is 13.9. The second kappa shape index (κ2) is 3.23. The fourth-order valence-electron chi connectivity index (χ4n) is 1.45. The van der Waals surface area contributed by atoms with Gasteiger partial charge in [0.15, 0.2) is 11.5 Å². The molecule has 6 nitrogen and oxygen atoms in total. The summed E-state index contributed by atoms with van der Waals surface area (Å²) in [5.74, 6) is 1.49. The summed E-state index contributed by atoms with van der Waals surface area (Å²) in [4.78, 5) is 0. The molecule has 0 aliphatic carbocycles. The van der Waals surface area contributed by atoms with Crippen LogP contribution in [0.15, 0.2) is 24.5 Å². The molecular formula is C9H8N4O2. The minimum atomic E-state index is 0.575. The van der Waals surface area contributed by atoms with Crippen molar-refractivity contribution >= 4 is 0 Å². The number of hydrogen-bond acceptors (Lipinski definition) is 5. The lowest BCUT2D eigenvalue weighted by Gasteiger charge is -2.18. The number of fused-ring (bicyclic) bond motifs is 1. The van der Waals surface area contributed by atoms with Crippen LogP contribution in [0, 0.1) is 0 Å². The Balaban J connectivity index is 2.04. The highest BCUT2D eigenvalue weighted by Crippen LogP contribution is 2.31. The molecule has 0 N–H and O–H groups in total. The van der Waals surface area contributed by atoms with Crippen LogP contribution in [0.5, 0.6) is 11.5 Å². The topological polar surface area (TPSA) is 62.1 Å². The van der Waals surface area contributed by atoms with Crippen LogP contribution >= 0.6 is 0 Å². The standard InChI is InChI=1S/C9H8N4O2/c1-2-8-9(15-4-3-14-8)5-7(1)13-6-10-11-12-13/h1-2,5-6H,3-4H2. The van der Waals surface area contributed by atoms with Gasteiger partial charge in [-0.2, -0.15) is 0 Å². The maximum atomic E-state index is 5.46. The Hall–Kier alpha value is -2.11. The highest BCUT2D eigenvalue weighted by atomic mass is 16.6. The molecule has 15 heavy (non-hydrogen) atoms. The largest absolute Gasteiger partial charge is 0.486 e. The second-order valence-corrected chi connectivity index (χ2v) is 3.08. The summed E-state index contributed by atoms with van der Waals surface area (Å²) in [6.07, 6.45) is 1.53. The summed E-state index contributed by atoms with van der Waals surface area (Å²) >= 11 is 0. The molecule has 0 spiro atoms. The molecule has 1 aliphatic heterocycles. The zero-order chi connectivity index (χ0) is 10.1. The molecule has 0 saturated heterocycles. The molecule has 1 aromatic heterocycles. The van der Waals surface area contributed by atoms with Crippen molar-refractivity contribution in [2.45, 2.75) is 0 Å². The number of benzene rings is 1. The molecule has 1 aliphatic rings. The Morgan fingerprint density at radius 1 is 1.13 bits per heavy atom. The third-order valence-electron chi connectivity index (χ3n) is 2.14. The monoisotopic (exact) mass is 204 g/mol. The van der Waals surface area contributed by atoms with Crippen LogP contribution in [0.4, 0.5) is 0 Å². The van der Waals surface area contributed by atoms with Crippen molar-refractivity contribution in [2.24, 2.45) is 0 Å². The lowest BCUT2D eigenvalue weighted by Crippen LogP contribution is -2.15. The molecule has 3 rings (SSSR count). The number of nitrogens with zero attached hydrogens (tertiary/aromatic N) is 4. The zero-order valence-electron chi connectivity index (χ0n) is 7.83. The summed E-state index contributed by atoms with van der Waals surface area (Å²) in [5, 5.41) is 10.9. The second-order valence-electron chi connectivity index (χ2n) is 3.08. The molecule has 0 fully saturated rings. The number of ether oxygens (including phenoxy) is 2. The lowest BCUT2D eigenvalue weighted by molar-refractivity contribution is 0.171. The zero-order valence-corrected chi connectivity index (χ0v) is 7.83. The molecule has 2 aromatic rings. The third kappa shape index (κ3) is 1.39. The van der Waals surface area contributed by atoms with Gasteiger partial charge in [-0.3, -0.25) is 0 Å². The van der Waals surface area contributed by atoms with E-state index in [0.29, 0.717) is 13.2 Å². The molecular weight excluding hydrogens is 196 g/mol. The van der Waals surface area contributed by atoms with Gasteiger partial charge in [-0.1, -0.05) is 0 Å². The molecule has 0 atom stereocenters. The molecule has 6 heteroatoms. The van der Waals surface area contributed by atoms with Gasteiger partial charge in [0.25, 0.3) is 0 Å². The third-order valence-corrected chi connectivity index (χ3v) is 2.14. The fraction of sp³-hybridized carbons (Fsp3) is 0.222. The van der Waals surface area contributed by atoms with Crippen LogP contribution < -0.4 is 9.47 Å². The van der Waals surface area contributed by atoms with E-state index < -0.39 is 0 Å². The van der Waals surface area contributed by atoms with Crippen molar-refractivity contribution in [3.8, 4) is 17.2 Å². The van der Waals surface area contributed by atoms with E-state index in [1.54, 1.807) is 4.68 Å². The van der Waals surface area contributed by atoms with Gasteiger partial charge in [-0.15, -0.1) is 5.10 Å². The van der Waals surface area contributed by atoms with E-state index >= 15 is 0 Å². The van der Waals surface area contributed by atoms with E-state index in [2.05, 4.69) is 15.5 Å². The van der Waals surface area contributed by atoms with Gasteiger partial charge < -0.3 is 9.47 Å². The minimum absolute atomic E-state index is 0.575. The van der Waals surface area contributed by atoms with Gasteiger partial charge in [-0.05, 0) is 22.6 Å². The van der Waals surface area contributed by atoms with Crippen LogP contribution in [0.1, 0.15) is 0 Å². The van der Waals surface area contributed by atoms with Gasteiger partial charge in [-0.25, -0.2) is 4.68 Å². The van der Waals surface area contributed by atoms with Crippen molar-refractivity contribution in [3.05, 3.63) is 24.5 Å². The van der Waals surface area contributed by atoms with Crippen LogP contribution in [0.2, 0.25) is 0 Å². The van der Waals surface area contributed by atoms with Crippen LogP contribution in [0.3, 0.4) is 0 Å². The van der Waals surface area contributed by atoms with E-state index in [1.807, 2.05) is 18.2 Å². The van der Waals surface area contributed by atoms with Crippen molar-refractivity contribution in [1.29, 1.82) is 0 Å². The Kier molecular flexibility index (Phi) is 1.77. The average Bonchev–Trinajstić information content (AvgIpc) is 2.82. The highest BCUT2D eigenvalue weighted by Gasteiger charge is 2.12. The molecule has 0 unspecified atom stereocenters. The summed E-state index contributed by atoms with van der Waals surface area (Å²) in [6, 6.07) is 5.58. The smallest absolute Gasteiger partial charge is 0.163 e. The quantitative estimate of drug-likeness (QED) is 0.674. The molecule has 0 bridgehead atoms. The highest BCUT2D eigenvalue weighted by molar-refractivity contribution is 5.48. The van der Waals surface area contributed by atoms with Crippen molar-refractivity contribution < 1.29 is 9.47 Å². The predicted molar refractivity (Wildman–Crippen MR) is 50.1 cm³/mol. The molecule has 0 saturated carbocycles. The van der Waals surface area contributed by atoms with Crippen molar-refractivity contribution in [1.82, 2.24) is 20.2 Å². The Morgan fingerprint density at radius 3 is 2.80 bits per heavy atom. The van der Waals surface area contributed by atoms with E-state index in [4.69, 9.17) is 9.47 Å². The Morgan fingerprint density at radius 2 is 2.00 bits per heavy atom. The minimum Gasteiger partial charge on any atom is -0.486 e. The fourth-order valence-corrected chi connectivity index (χ4v) is 1.45. The summed E-state index contributed by atoms with van der Waals surface area (Å²) in [5.41, 5.74) is 0.851. The summed E-state index contributed by atoms with van der Waals surface area (Å²) < 4.78 is 12.4. The number of rotatable bonds is 1. The number of aromatic nitrogens is 4. The first kappa shape index (κ1) is 8.22. The number of tetrazole rings is 1. The van der Waals surface area contributed by atoms with E-state index in [-0.39, 0.29) is 0 Å². The number of hydrogen-bond donors (Lipinski definition) is 0. The maximum absolute atomic E-state index is 5.46. The molecule has 0 radical (unpaired) electrons. The Bertz CT molecular complexity index is 469. The maximum Gasteiger partial charge on any atom is 0.163 e. The van der Waals surface area contributed by atoms with Gasteiger partial charge in [0, 0.05) is 6.07 Å². The lowest BCUT2D eigenvalue weighted by atomic mass is 10.2. The van der Waals surface area contributed by atoms with E-state index in [9.17, 15) is 0 Å². The average molecular weight is 204 g/mol. The SMILES string of the molecule is c1cc2c(cc1-n1cnnn1)OCCO2. The van der Waals surface area contributed by atoms with Crippen LogP contribution in [0.25, 0.3) is 5.69 Å². The summed E-state index contributed by atoms with van der Waals surface area (Å²) in [7, 11) is 0. The van der Waals surface area contributed by atoms with Gasteiger partial charge in [0.2, 0.25) is 0 Å². The van der Waals surface area contributed by atoms with Crippen LogP contribution in [-0.4, -0.2) is 33.4 Å². The van der Waals surface area contributed by atoms with Gasteiger partial charge in [0.1, 0.15) is 19.5 Å². The summed E-state index contributed by atoms with van der Waals surface area (Å²) in [6.45, 7) is 1.17. The van der Waals surface area contributed by atoms with Gasteiger partial charge in [0.05, 0.1) is 5.69 Å². The molecule has 2 heterocycles. The van der Waals surface area contributed by atoms with Gasteiger partial charge >= 0.3 is 0 Å². The van der Waals surface area contributed by atoms with Crippen molar-refractivity contribution in [2.75, 3.05) is 13.2 Å².